The fourth-order valence-corrected chi connectivity index (χ4v) is 4.07. The average molecular weight is 475 g/mol. The van der Waals surface area contributed by atoms with Crippen molar-refractivity contribution < 1.29 is 15.8 Å². The molecule has 1 fully saturated rings. The molecule has 0 atom stereocenters. The van der Waals surface area contributed by atoms with E-state index in [1.807, 2.05) is 76.2 Å². The first-order valence-corrected chi connectivity index (χ1v) is 12.0. The van der Waals surface area contributed by atoms with Crippen LogP contribution in [0.5, 0.6) is 0 Å². The molecule has 3 aromatic rings. The van der Waals surface area contributed by atoms with Crippen LogP contribution in [0.2, 0.25) is 0 Å². The second-order valence-electron chi connectivity index (χ2n) is 9.74. The smallest absolute Gasteiger partial charge is 0.410 e. The van der Waals surface area contributed by atoms with Gasteiger partial charge in [-0.3, -0.25) is 9.78 Å². The van der Waals surface area contributed by atoms with Crippen molar-refractivity contribution in [3.05, 3.63) is 77.7 Å². The first-order valence-electron chi connectivity index (χ1n) is 12.0. The SMILES string of the molecule is Cc1ncc(-c2ccccc2)cc1C(=O)c1cccc(N2CCCN(C(=O)OC(C)(C)C)CC2)n1.[HH]. The van der Waals surface area contributed by atoms with E-state index in [4.69, 9.17) is 9.72 Å². The second kappa shape index (κ2) is 10.3. The Morgan fingerprint density at radius 2 is 1.71 bits per heavy atom. The summed E-state index contributed by atoms with van der Waals surface area (Å²) in [5, 5.41) is 0. The van der Waals surface area contributed by atoms with Crippen molar-refractivity contribution in [1.82, 2.24) is 14.9 Å². The third kappa shape index (κ3) is 6.04. The molecule has 0 aliphatic carbocycles. The Kier molecular flexibility index (Phi) is 7.15. The van der Waals surface area contributed by atoms with Gasteiger partial charge in [0.1, 0.15) is 17.1 Å². The van der Waals surface area contributed by atoms with Gasteiger partial charge in [-0.1, -0.05) is 36.4 Å². The van der Waals surface area contributed by atoms with Crippen molar-refractivity contribution in [2.45, 2.75) is 39.7 Å². The standard InChI is InChI=1S/C28H32N4O3.H2/c1-20-23(18-22(19-29-20)21-10-6-5-7-11-21)26(33)24-12-8-13-25(30-24)31-14-9-15-32(17-16-31)27(34)35-28(2,3)4;/h5-8,10-13,18-19H,9,14-17H2,1-4H3;1H. The number of ether oxygens (including phenoxy) is 1. The molecule has 0 spiro atoms. The predicted molar refractivity (Wildman–Crippen MR) is 139 cm³/mol. The third-order valence-corrected chi connectivity index (χ3v) is 5.88. The monoisotopic (exact) mass is 474 g/mol. The third-order valence-electron chi connectivity index (χ3n) is 5.88. The highest BCUT2D eigenvalue weighted by atomic mass is 16.6. The van der Waals surface area contributed by atoms with Gasteiger partial charge in [-0.25, -0.2) is 9.78 Å². The lowest BCUT2D eigenvalue weighted by Crippen LogP contribution is -2.39. The van der Waals surface area contributed by atoms with E-state index in [0.717, 1.165) is 29.9 Å². The molecule has 0 unspecified atom stereocenters. The first-order chi connectivity index (χ1) is 16.7. The van der Waals surface area contributed by atoms with Gasteiger partial charge in [-0.15, -0.1) is 0 Å². The largest absolute Gasteiger partial charge is 0.444 e. The van der Waals surface area contributed by atoms with Crippen molar-refractivity contribution in [3.63, 3.8) is 0 Å². The van der Waals surface area contributed by atoms with Crippen molar-refractivity contribution in [2.24, 2.45) is 0 Å². The summed E-state index contributed by atoms with van der Waals surface area (Å²) < 4.78 is 5.53. The number of pyridine rings is 2. The van der Waals surface area contributed by atoms with E-state index in [1.165, 1.54) is 0 Å². The molecule has 35 heavy (non-hydrogen) atoms. The molecule has 0 radical (unpaired) electrons. The summed E-state index contributed by atoms with van der Waals surface area (Å²) in [6.07, 6.45) is 2.29. The lowest BCUT2D eigenvalue weighted by atomic mass is 10.0. The van der Waals surface area contributed by atoms with Crippen LogP contribution >= 0.6 is 0 Å². The molecule has 1 aromatic carbocycles. The van der Waals surface area contributed by atoms with Crippen LogP contribution in [0, 0.1) is 6.92 Å². The molecule has 0 bridgehead atoms. The Bertz CT molecular complexity index is 1210. The number of nitrogens with zero attached hydrogens (tertiary/aromatic N) is 4. The zero-order valence-corrected chi connectivity index (χ0v) is 20.8. The Hall–Kier alpha value is -3.74. The van der Waals surface area contributed by atoms with E-state index in [0.29, 0.717) is 36.6 Å². The van der Waals surface area contributed by atoms with E-state index in [1.54, 1.807) is 17.2 Å². The Morgan fingerprint density at radius 1 is 0.943 bits per heavy atom. The number of rotatable bonds is 4. The molecular weight excluding hydrogens is 440 g/mol. The van der Waals surface area contributed by atoms with E-state index in [2.05, 4.69) is 9.88 Å². The summed E-state index contributed by atoms with van der Waals surface area (Å²) in [5.74, 6) is 0.576. The van der Waals surface area contributed by atoms with Gasteiger partial charge < -0.3 is 14.5 Å². The van der Waals surface area contributed by atoms with Crippen LogP contribution in [0.4, 0.5) is 10.6 Å². The fraction of sp³-hybridized carbons (Fsp3) is 0.357. The van der Waals surface area contributed by atoms with E-state index < -0.39 is 5.60 Å². The summed E-state index contributed by atoms with van der Waals surface area (Å²) in [7, 11) is 0. The van der Waals surface area contributed by atoms with Gasteiger partial charge in [0.25, 0.3) is 0 Å². The molecule has 4 rings (SSSR count). The number of hydrogen-bond acceptors (Lipinski definition) is 6. The lowest BCUT2D eigenvalue weighted by Gasteiger charge is -2.26. The molecule has 3 heterocycles. The maximum Gasteiger partial charge on any atom is 0.410 e. The minimum absolute atomic E-state index is 0. The van der Waals surface area contributed by atoms with E-state index in [-0.39, 0.29) is 13.3 Å². The molecule has 1 aliphatic heterocycles. The maximum absolute atomic E-state index is 13.4. The first kappa shape index (κ1) is 24.4. The average Bonchev–Trinajstić information content (AvgIpc) is 3.10. The maximum atomic E-state index is 13.4. The van der Waals surface area contributed by atoms with Gasteiger partial charge >= 0.3 is 6.09 Å². The quantitative estimate of drug-likeness (QED) is 0.473. The van der Waals surface area contributed by atoms with Crippen molar-refractivity contribution in [1.29, 1.82) is 0 Å². The number of aromatic nitrogens is 2. The fourth-order valence-electron chi connectivity index (χ4n) is 4.07. The molecule has 7 nitrogen and oxygen atoms in total. The number of amides is 1. The predicted octanol–water partition coefficient (Wildman–Crippen LogP) is 5.38. The minimum atomic E-state index is -0.524. The highest BCUT2D eigenvalue weighted by Crippen LogP contribution is 2.23. The van der Waals surface area contributed by atoms with Crippen LogP contribution in [0.3, 0.4) is 0 Å². The highest BCUT2D eigenvalue weighted by Gasteiger charge is 2.25. The molecule has 2 aromatic heterocycles. The van der Waals surface area contributed by atoms with Gasteiger partial charge in [-0.05, 0) is 57.9 Å². The van der Waals surface area contributed by atoms with Gasteiger partial charge in [0.2, 0.25) is 5.78 Å². The number of carbonyl (C=O) groups is 2. The molecular formula is C28H34N4O3. The molecule has 1 amide bonds. The highest BCUT2D eigenvalue weighted by molar-refractivity contribution is 6.09. The molecule has 184 valence electrons. The van der Waals surface area contributed by atoms with Crippen LogP contribution in [-0.4, -0.2) is 58.5 Å². The van der Waals surface area contributed by atoms with Crippen LogP contribution in [0.25, 0.3) is 11.1 Å². The van der Waals surface area contributed by atoms with Crippen molar-refractivity contribution >= 4 is 17.7 Å². The summed E-state index contributed by atoms with van der Waals surface area (Å²) in [6.45, 7) is 9.97. The number of anilines is 1. The van der Waals surface area contributed by atoms with E-state index >= 15 is 0 Å². The van der Waals surface area contributed by atoms with Crippen LogP contribution in [0.15, 0.2) is 60.8 Å². The number of hydrogen-bond donors (Lipinski definition) is 0. The van der Waals surface area contributed by atoms with Gasteiger partial charge in [0.15, 0.2) is 0 Å². The Labute approximate surface area is 208 Å². The number of carbonyl (C=O) groups excluding carboxylic acids is 2. The molecule has 0 N–H and O–H groups in total. The van der Waals surface area contributed by atoms with Crippen LogP contribution < -0.4 is 4.90 Å². The number of ketones is 1. The summed E-state index contributed by atoms with van der Waals surface area (Å²) in [4.78, 5) is 39.0. The topological polar surface area (TPSA) is 75.6 Å². The van der Waals surface area contributed by atoms with Gasteiger partial charge in [0.05, 0.1) is 0 Å². The van der Waals surface area contributed by atoms with Gasteiger partial charge in [0, 0.05) is 50.6 Å². The summed E-state index contributed by atoms with van der Waals surface area (Å²) >= 11 is 0. The summed E-state index contributed by atoms with van der Waals surface area (Å²) in [6, 6.07) is 17.3. The van der Waals surface area contributed by atoms with Gasteiger partial charge in [-0.2, -0.15) is 0 Å². The summed E-state index contributed by atoms with van der Waals surface area (Å²) in [5.41, 5.74) is 2.98. The lowest BCUT2D eigenvalue weighted by molar-refractivity contribution is 0.0263. The van der Waals surface area contributed by atoms with Crippen molar-refractivity contribution in [3.8, 4) is 11.1 Å². The molecule has 1 aliphatic rings. The molecule has 7 heteroatoms. The zero-order chi connectivity index (χ0) is 25.0. The Morgan fingerprint density at radius 3 is 2.46 bits per heavy atom. The number of aryl methyl sites for hydroxylation is 1. The van der Waals surface area contributed by atoms with Crippen LogP contribution in [0.1, 0.15) is 50.4 Å². The zero-order valence-electron chi connectivity index (χ0n) is 20.8. The van der Waals surface area contributed by atoms with Crippen LogP contribution in [-0.2, 0) is 4.74 Å². The second-order valence-corrected chi connectivity index (χ2v) is 9.74. The Balaban J connectivity index is 0.00000361. The van der Waals surface area contributed by atoms with E-state index in [9.17, 15) is 9.59 Å². The molecule has 0 saturated carbocycles. The normalized spacial score (nSPS) is 14.4. The minimum Gasteiger partial charge on any atom is -0.444 e. The molecule has 1 saturated heterocycles. The number of benzene rings is 1. The van der Waals surface area contributed by atoms with Crippen molar-refractivity contribution in [2.75, 3.05) is 31.1 Å².